The molecule has 8 heteroatoms. The van der Waals surface area contributed by atoms with E-state index in [-0.39, 0.29) is 18.2 Å². The zero-order valence-corrected chi connectivity index (χ0v) is 14.7. The van der Waals surface area contributed by atoms with E-state index >= 15 is 0 Å². The average Bonchev–Trinajstić information content (AvgIpc) is 3.09. The number of aliphatic carboxylic acids is 1. The molecule has 8 nitrogen and oxygen atoms in total. The molecule has 1 aromatic heterocycles. The van der Waals surface area contributed by atoms with Gasteiger partial charge in [-0.05, 0) is 30.5 Å². The molecule has 2 rings (SSSR count). The maximum atomic E-state index is 12.1. The van der Waals surface area contributed by atoms with Crippen LogP contribution in [-0.2, 0) is 9.59 Å². The van der Waals surface area contributed by atoms with Crippen LogP contribution in [-0.4, -0.2) is 45.3 Å². The number of hydrogen-bond acceptors (Lipinski definition) is 4. The summed E-state index contributed by atoms with van der Waals surface area (Å²) in [6, 6.07) is 9.86. The minimum atomic E-state index is -1.10. The first-order valence-electron chi connectivity index (χ1n) is 8.28. The minimum Gasteiger partial charge on any atom is -0.480 e. The molecule has 1 aromatic carbocycles. The van der Waals surface area contributed by atoms with Gasteiger partial charge in [-0.25, -0.2) is 9.48 Å². The molecule has 1 heterocycles. The van der Waals surface area contributed by atoms with Crippen LogP contribution in [0.3, 0.4) is 0 Å². The number of aromatic nitrogens is 2. The Labute approximate surface area is 151 Å². The molecule has 0 saturated heterocycles. The van der Waals surface area contributed by atoms with E-state index < -0.39 is 23.8 Å². The maximum absolute atomic E-state index is 12.1. The van der Waals surface area contributed by atoms with Crippen LogP contribution in [0.5, 0.6) is 0 Å². The fourth-order valence-corrected chi connectivity index (χ4v) is 2.36. The first-order chi connectivity index (χ1) is 12.4. The van der Waals surface area contributed by atoms with Crippen molar-refractivity contribution >= 4 is 17.8 Å². The van der Waals surface area contributed by atoms with Crippen molar-refractivity contribution in [1.29, 1.82) is 0 Å². The zero-order valence-electron chi connectivity index (χ0n) is 14.7. The lowest BCUT2D eigenvalue weighted by Crippen LogP contribution is -2.46. The topological polar surface area (TPSA) is 113 Å². The quantitative estimate of drug-likeness (QED) is 0.657. The molecule has 0 aliphatic heterocycles. The SMILES string of the molecule is CC(C)C[C@H](NC(=O)CNC(=O)c1ccn(-c2ccccc2)n1)C(=O)O. The van der Waals surface area contributed by atoms with Crippen LogP contribution in [0.1, 0.15) is 30.8 Å². The number of carbonyl (C=O) groups is 3. The lowest BCUT2D eigenvalue weighted by molar-refractivity contribution is -0.142. The number of nitrogens with one attached hydrogen (secondary N) is 2. The summed E-state index contributed by atoms with van der Waals surface area (Å²) in [5.74, 6) is -2.05. The van der Waals surface area contributed by atoms with Crippen LogP contribution >= 0.6 is 0 Å². The lowest BCUT2D eigenvalue weighted by atomic mass is 10.0. The summed E-state index contributed by atoms with van der Waals surface area (Å²) >= 11 is 0. The molecular weight excluding hydrogens is 336 g/mol. The summed E-state index contributed by atoms with van der Waals surface area (Å²) in [6.45, 7) is 3.42. The van der Waals surface area contributed by atoms with Gasteiger partial charge in [0, 0.05) is 6.20 Å². The second-order valence-corrected chi connectivity index (χ2v) is 6.25. The molecule has 0 bridgehead atoms. The standard InChI is InChI=1S/C18H22N4O4/c1-12(2)10-15(18(25)26)20-16(23)11-19-17(24)14-8-9-22(21-14)13-6-4-3-5-7-13/h3-9,12,15H,10-11H2,1-2H3,(H,19,24)(H,20,23)(H,25,26)/t15-/m0/s1. The Bertz CT molecular complexity index is 771. The molecule has 2 amide bonds. The van der Waals surface area contributed by atoms with Crippen LogP contribution in [0.25, 0.3) is 5.69 Å². The van der Waals surface area contributed by atoms with Crippen molar-refractivity contribution < 1.29 is 19.5 Å². The van der Waals surface area contributed by atoms with E-state index in [2.05, 4.69) is 15.7 Å². The summed E-state index contributed by atoms with van der Waals surface area (Å²) in [6.07, 6.45) is 1.96. The Hall–Kier alpha value is -3.16. The molecule has 0 fully saturated rings. The van der Waals surface area contributed by atoms with Crippen molar-refractivity contribution in [1.82, 2.24) is 20.4 Å². The van der Waals surface area contributed by atoms with Crippen LogP contribution in [0.15, 0.2) is 42.6 Å². The van der Waals surface area contributed by atoms with E-state index in [1.807, 2.05) is 44.2 Å². The van der Waals surface area contributed by atoms with Gasteiger partial charge < -0.3 is 15.7 Å². The Balaban J connectivity index is 1.89. The molecule has 0 aliphatic carbocycles. The van der Waals surface area contributed by atoms with Gasteiger partial charge in [0.15, 0.2) is 5.69 Å². The molecule has 0 unspecified atom stereocenters. The number of hydrogen-bond donors (Lipinski definition) is 3. The fraction of sp³-hybridized carbons (Fsp3) is 0.333. The van der Waals surface area contributed by atoms with Crippen molar-refractivity contribution in [3.8, 4) is 5.69 Å². The van der Waals surface area contributed by atoms with Gasteiger partial charge in [-0.2, -0.15) is 5.10 Å². The van der Waals surface area contributed by atoms with Gasteiger partial charge in [0.05, 0.1) is 12.2 Å². The van der Waals surface area contributed by atoms with Gasteiger partial charge in [0.1, 0.15) is 6.04 Å². The molecule has 0 saturated carbocycles. The van der Waals surface area contributed by atoms with Crippen molar-refractivity contribution in [3.63, 3.8) is 0 Å². The van der Waals surface area contributed by atoms with Crippen LogP contribution in [0.4, 0.5) is 0 Å². The van der Waals surface area contributed by atoms with E-state index in [4.69, 9.17) is 5.11 Å². The van der Waals surface area contributed by atoms with Gasteiger partial charge in [0.25, 0.3) is 5.91 Å². The smallest absolute Gasteiger partial charge is 0.326 e. The second kappa shape index (κ2) is 8.80. The Morgan fingerprint density at radius 2 is 1.85 bits per heavy atom. The third-order valence-electron chi connectivity index (χ3n) is 3.59. The molecule has 1 atom stereocenters. The fourth-order valence-electron chi connectivity index (χ4n) is 2.36. The monoisotopic (exact) mass is 358 g/mol. The van der Waals surface area contributed by atoms with Gasteiger partial charge in [-0.15, -0.1) is 0 Å². The number of carboxylic acid groups (broad SMARTS) is 1. The molecule has 0 spiro atoms. The normalized spacial score (nSPS) is 11.8. The summed E-state index contributed by atoms with van der Waals surface area (Å²) in [7, 11) is 0. The highest BCUT2D eigenvalue weighted by Crippen LogP contribution is 2.07. The largest absolute Gasteiger partial charge is 0.480 e. The average molecular weight is 358 g/mol. The molecular formula is C18H22N4O4. The highest BCUT2D eigenvalue weighted by Gasteiger charge is 2.21. The summed E-state index contributed by atoms with van der Waals surface area (Å²) in [5, 5.41) is 18.1. The van der Waals surface area contributed by atoms with Crippen molar-refractivity contribution in [2.75, 3.05) is 6.54 Å². The Morgan fingerprint density at radius 3 is 2.46 bits per heavy atom. The molecule has 0 radical (unpaired) electrons. The molecule has 138 valence electrons. The summed E-state index contributed by atoms with van der Waals surface area (Å²) in [5.41, 5.74) is 0.973. The third kappa shape index (κ3) is 5.44. The second-order valence-electron chi connectivity index (χ2n) is 6.25. The molecule has 0 aliphatic rings. The predicted molar refractivity (Wildman–Crippen MR) is 94.9 cm³/mol. The van der Waals surface area contributed by atoms with E-state index in [0.717, 1.165) is 5.69 Å². The van der Waals surface area contributed by atoms with Gasteiger partial charge >= 0.3 is 5.97 Å². The Morgan fingerprint density at radius 1 is 1.15 bits per heavy atom. The van der Waals surface area contributed by atoms with Crippen molar-refractivity contribution in [2.24, 2.45) is 5.92 Å². The number of carboxylic acids is 1. The molecule has 3 N–H and O–H groups in total. The van der Waals surface area contributed by atoms with Gasteiger partial charge in [-0.1, -0.05) is 32.0 Å². The zero-order chi connectivity index (χ0) is 19.1. The first-order valence-corrected chi connectivity index (χ1v) is 8.28. The summed E-state index contributed by atoms with van der Waals surface area (Å²) < 4.78 is 1.55. The summed E-state index contributed by atoms with van der Waals surface area (Å²) in [4.78, 5) is 35.1. The number of para-hydroxylation sites is 1. The number of nitrogens with zero attached hydrogens (tertiary/aromatic N) is 2. The maximum Gasteiger partial charge on any atom is 0.326 e. The number of benzene rings is 1. The van der Waals surface area contributed by atoms with E-state index in [1.165, 1.54) is 0 Å². The van der Waals surface area contributed by atoms with E-state index in [0.29, 0.717) is 6.42 Å². The molecule has 26 heavy (non-hydrogen) atoms. The van der Waals surface area contributed by atoms with Gasteiger partial charge in [0.2, 0.25) is 5.91 Å². The number of rotatable bonds is 8. The Kier molecular flexibility index (Phi) is 6.48. The van der Waals surface area contributed by atoms with Gasteiger partial charge in [-0.3, -0.25) is 9.59 Å². The predicted octanol–water partition coefficient (Wildman–Crippen LogP) is 1.22. The van der Waals surface area contributed by atoms with Crippen molar-refractivity contribution in [2.45, 2.75) is 26.3 Å². The highest BCUT2D eigenvalue weighted by molar-refractivity contribution is 5.95. The lowest BCUT2D eigenvalue weighted by Gasteiger charge is -2.16. The minimum absolute atomic E-state index is 0.118. The van der Waals surface area contributed by atoms with Crippen LogP contribution in [0, 0.1) is 5.92 Å². The van der Waals surface area contributed by atoms with Crippen LogP contribution < -0.4 is 10.6 Å². The third-order valence-corrected chi connectivity index (χ3v) is 3.59. The van der Waals surface area contributed by atoms with E-state index in [9.17, 15) is 14.4 Å². The highest BCUT2D eigenvalue weighted by atomic mass is 16.4. The first kappa shape index (κ1) is 19.2. The van der Waals surface area contributed by atoms with Crippen molar-refractivity contribution in [3.05, 3.63) is 48.3 Å². The van der Waals surface area contributed by atoms with Crippen LogP contribution in [0.2, 0.25) is 0 Å². The van der Waals surface area contributed by atoms with E-state index in [1.54, 1.807) is 16.9 Å². The molecule has 2 aromatic rings. The number of carbonyl (C=O) groups excluding carboxylic acids is 2. The number of amides is 2.